The lowest BCUT2D eigenvalue weighted by atomic mass is 10.1. The van der Waals surface area contributed by atoms with Crippen LogP contribution >= 0.6 is 23.2 Å². The Morgan fingerprint density at radius 3 is 2.75 bits per heavy atom. The average Bonchev–Trinajstić information content (AvgIpc) is 2.97. The van der Waals surface area contributed by atoms with Gasteiger partial charge < -0.3 is 11.1 Å². The number of hydrogen-bond donors (Lipinski definition) is 2. The zero-order valence-corrected chi connectivity index (χ0v) is 13.8. The lowest BCUT2D eigenvalue weighted by molar-refractivity contribution is 0.101. The quantitative estimate of drug-likeness (QED) is 0.732. The van der Waals surface area contributed by atoms with Crippen LogP contribution in [0.15, 0.2) is 29.0 Å². The summed E-state index contributed by atoms with van der Waals surface area (Å²) in [6, 6.07) is 5.10. The Morgan fingerprint density at radius 2 is 2.08 bits per heavy atom. The molecule has 0 saturated heterocycles. The fourth-order valence-electron chi connectivity index (χ4n) is 1.97. The standard InChI is InChI=1S/C14H10Cl2N6O2/c1-6-11(22-24-21-6)14(23)20-9-5-18-12(13(17)19-9)7-3-2-4-8(15)10(7)16/h2-5H,1H3,(H3,17,19,20,23). The van der Waals surface area contributed by atoms with Crippen LogP contribution in [0.3, 0.4) is 0 Å². The number of carbonyl (C=O) groups excluding carboxylic acids is 1. The molecule has 24 heavy (non-hydrogen) atoms. The third kappa shape index (κ3) is 3.01. The summed E-state index contributed by atoms with van der Waals surface area (Å²) in [5.41, 5.74) is 7.24. The Balaban J connectivity index is 1.89. The Kier molecular flexibility index (Phi) is 4.32. The van der Waals surface area contributed by atoms with Crippen molar-refractivity contribution in [2.75, 3.05) is 11.1 Å². The maximum absolute atomic E-state index is 12.0. The second-order valence-corrected chi connectivity index (χ2v) is 5.53. The van der Waals surface area contributed by atoms with Gasteiger partial charge in [-0.2, -0.15) is 0 Å². The number of carbonyl (C=O) groups is 1. The molecule has 0 saturated carbocycles. The van der Waals surface area contributed by atoms with E-state index >= 15 is 0 Å². The summed E-state index contributed by atoms with van der Waals surface area (Å²) in [6.07, 6.45) is 1.35. The van der Waals surface area contributed by atoms with Crippen molar-refractivity contribution >= 4 is 40.7 Å². The van der Waals surface area contributed by atoms with E-state index in [0.29, 0.717) is 27.0 Å². The molecule has 0 fully saturated rings. The highest BCUT2D eigenvalue weighted by atomic mass is 35.5. The first-order valence-corrected chi connectivity index (χ1v) is 7.40. The van der Waals surface area contributed by atoms with E-state index < -0.39 is 5.91 Å². The van der Waals surface area contributed by atoms with Crippen molar-refractivity contribution in [1.29, 1.82) is 0 Å². The van der Waals surface area contributed by atoms with Gasteiger partial charge >= 0.3 is 0 Å². The minimum Gasteiger partial charge on any atom is -0.382 e. The Hall–Kier alpha value is -2.71. The topological polar surface area (TPSA) is 120 Å². The fourth-order valence-corrected chi connectivity index (χ4v) is 2.36. The normalized spacial score (nSPS) is 10.6. The highest BCUT2D eigenvalue weighted by Crippen LogP contribution is 2.34. The molecule has 0 spiro atoms. The number of nitrogens with zero attached hydrogens (tertiary/aromatic N) is 4. The lowest BCUT2D eigenvalue weighted by Gasteiger charge is -2.09. The molecule has 0 aliphatic heterocycles. The van der Waals surface area contributed by atoms with Crippen molar-refractivity contribution in [3.05, 3.63) is 45.8 Å². The second-order valence-electron chi connectivity index (χ2n) is 4.74. The number of rotatable bonds is 3. The summed E-state index contributed by atoms with van der Waals surface area (Å²) in [5, 5.41) is 10.3. The maximum Gasteiger partial charge on any atom is 0.281 e. The van der Waals surface area contributed by atoms with Crippen LogP contribution in [0.2, 0.25) is 10.0 Å². The van der Waals surface area contributed by atoms with Gasteiger partial charge in [0.1, 0.15) is 11.4 Å². The van der Waals surface area contributed by atoms with Gasteiger partial charge in [-0.1, -0.05) is 40.5 Å². The van der Waals surface area contributed by atoms with Gasteiger partial charge in [-0.05, 0) is 18.1 Å². The third-order valence-corrected chi connectivity index (χ3v) is 3.93. The van der Waals surface area contributed by atoms with Crippen LogP contribution in [0.5, 0.6) is 0 Å². The molecule has 0 atom stereocenters. The zero-order valence-electron chi connectivity index (χ0n) is 12.2. The van der Waals surface area contributed by atoms with Crippen molar-refractivity contribution in [3.8, 4) is 11.3 Å². The van der Waals surface area contributed by atoms with E-state index in [-0.39, 0.29) is 17.3 Å². The number of nitrogens with one attached hydrogen (secondary N) is 1. The third-order valence-electron chi connectivity index (χ3n) is 3.12. The Bertz CT molecular complexity index is 927. The summed E-state index contributed by atoms with van der Waals surface area (Å²) in [5.74, 6) is -0.287. The summed E-state index contributed by atoms with van der Waals surface area (Å²) >= 11 is 12.1. The Morgan fingerprint density at radius 1 is 1.29 bits per heavy atom. The van der Waals surface area contributed by atoms with Crippen molar-refractivity contribution in [2.45, 2.75) is 6.92 Å². The summed E-state index contributed by atoms with van der Waals surface area (Å²) in [7, 11) is 0. The van der Waals surface area contributed by atoms with Crippen molar-refractivity contribution < 1.29 is 9.42 Å². The molecule has 0 aliphatic carbocycles. The largest absolute Gasteiger partial charge is 0.382 e. The van der Waals surface area contributed by atoms with Crippen LogP contribution in [0.1, 0.15) is 16.2 Å². The van der Waals surface area contributed by atoms with Gasteiger partial charge in [0.25, 0.3) is 5.91 Å². The van der Waals surface area contributed by atoms with E-state index in [9.17, 15) is 4.79 Å². The maximum atomic E-state index is 12.0. The van der Waals surface area contributed by atoms with Crippen LogP contribution in [0.25, 0.3) is 11.3 Å². The predicted molar refractivity (Wildman–Crippen MR) is 88.9 cm³/mol. The van der Waals surface area contributed by atoms with Crippen LogP contribution in [0, 0.1) is 6.92 Å². The van der Waals surface area contributed by atoms with Crippen molar-refractivity contribution in [3.63, 3.8) is 0 Å². The van der Waals surface area contributed by atoms with Gasteiger partial charge in [0, 0.05) is 5.56 Å². The highest BCUT2D eigenvalue weighted by molar-refractivity contribution is 6.43. The number of anilines is 2. The fraction of sp³-hybridized carbons (Fsp3) is 0.0714. The zero-order chi connectivity index (χ0) is 17.3. The first-order valence-electron chi connectivity index (χ1n) is 6.64. The molecular weight excluding hydrogens is 355 g/mol. The predicted octanol–water partition coefficient (Wildman–Crippen LogP) is 2.98. The molecule has 8 nitrogen and oxygen atoms in total. The lowest BCUT2D eigenvalue weighted by Crippen LogP contribution is -2.15. The van der Waals surface area contributed by atoms with E-state index in [1.807, 2.05) is 0 Å². The molecule has 1 amide bonds. The molecule has 122 valence electrons. The molecule has 2 heterocycles. The number of nitrogens with two attached hydrogens (primary N) is 1. The van der Waals surface area contributed by atoms with Crippen molar-refractivity contribution in [2.24, 2.45) is 0 Å². The van der Waals surface area contributed by atoms with Crippen LogP contribution < -0.4 is 11.1 Å². The van der Waals surface area contributed by atoms with Crippen LogP contribution in [0.4, 0.5) is 11.6 Å². The van der Waals surface area contributed by atoms with E-state index in [1.54, 1.807) is 25.1 Å². The number of halogens is 2. The number of amides is 1. The van der Waals surface area contributed by atoms with E-state index in [2.05, 4.69) is 30.2 Å². The van der Waals surface area contributed by atoms with Crippen LogP contribution in [-0.4, -0.2) is 26.2 Å². The average molecular weight is 365 g/mol. The summed E-state index contributed by atoms with van der Waals surface area (Å²) in [4.78, 5) is 20.3. The van der Waals surface area contributed by atoms with Gasteiger partial charge in [0.15, 0.2) is 17.3 Å². The Labute approximate surface area is 146 Å². The molecule has 3 aromatic rings. The molecule has 0 aliphatic rings. The summed E-state index contributed by atoms with van der Waals surface area (Å²) in [6.45, 7) is 1.59. The molecule has 0 bridgehead atoms. The van der Waals surface area contributed by atoms with Gasteiger partial charge in [-0.15, -0.1) is 0 Å². The molecule has 3 rings (SSSR count). The number of nitrogen functional groups attached to an aromatic ring is 1. The first-order chi connectivity index (χ1) is 11.5. The van der Waals surface area contributed by atoms with Gasteiger partial charge in [0.2, 0.25) is 0 Å². The molecule has 3 N–H and O–H groups in total. The highest BCUT2D eigenvalue weighted by Gasteiger charge is 2.17. The number of hydrogen-bond acceptors (Lipinski definition) is 7. The molecule has 2 aromatic heterocycles. The second kappa shape index (κ2) is 6.42. The van der Waals surface area contributed by atoms with Crippen LogP contribution in [-0.2, 0) is 0 Å². The first kappa shape index (κ1) is 16.2. The molecular formula is C14H10Cl2N6O2. The van der Waals surface area contributed by atoms with E-state index in [0.717, 1.165) is 0 Å². The smallest absolute Gasteiger partial charge is 0.281 e. The minimum absolute atomic E-state index is 0.0531. The van der Waals surface area contributed by atoms with E-state index in [1.165, 1.54) is 6.20 Å². The van der Waals surface area contributed by atoms with Gasteiger partial charge in [-0.25, -0.2) is 14.6 Å². The number of benzene rings is 1. The molecule has 0 radical (unpaired) electrons. The number of aromatic nitrogens is 4. The minimum atomic E-state index is -0.531. The van der Waals surface area contributed by atoms with Gasteiger partial charge in [0.05, 0.1) is 16.2 Å². The summed E-state index contributed by atoms with van der Waals surface area (Å²) < 4.78 is 4.48. The van der Waals surface area contributed by atoms with Gasteiger partial charge in [-0.3, -0.25) is 4.79 Å². The van der Waals surface area contributed by atoms with Crippen molar-refractivity contribution in [1.82, 2.24) is 20.3 Å². The molecule has 1 aromatic carbocycles. The van der Waals surface area contributed by atoms with E-state index in [4.69, 9.17) is 28.9 Å². The number of aryl methyl sites for hydroxylation is 1. The molecule has 10 heteroatoms. The molecule has 0 unspecified atom stereocenters. The monoisotopic (exact) mass is 364 g/mol. The SMILES string of the molecule is Cc1nonc1C(=O)Nc1cnc(-c2cccc(Cl)c2Cl)c(N)n1.